The molecule has 0 fully saturated rings. The molecule has 0 saturated carbocycles. The third-order valence-electron chi connectivity index (χ3n) is 3.15. The van der Waals surface area contributed by atoms with E-state index < -0.39 is 5.82 Å². The van der Waals surface area contributed by atoms with E-state index in [2.05, 4.69) is 5.32 Å². The molecule has 0 aliphatic heterocycles. The molecule has 0 saturated heterocycles. The van der Waals surface area contributed by atoms with Crippen molar-refractivity contribution in [3.05, 3.63) is 35.1 Å². The summed E-state index contributed by atoms with van der Waals surface area (Å²) in [5.74, 6) is -0.461. The quantitative estimate of drug-likeness (QED) is 0.788. The summed E-state index contributed by atoms with van der Waals surface area (Å²) < 4.78 is 13.8. The van der Waals surface area contributed by atoms with Crippen molar-refractivity contribution in [2.24, 2.45) is 11.7 Å². The number of hydrogen-bond acceptors (Lipinski definition) is 2. The maximum atomic E-state index is 13.8. The average Bonchev–Trinajstić information content (AvgIpc) is 2.38. The molecule has 0 radical (unpaired) electrons. The van der Waals surface area contributed by atoms with Crippen LogP contribution in [-0.4, -0.2) is 10.9 Å². The first-order valence-electron chi connectivity index (χ1n) is 6.35. The Bertz CT molecular complexity index is 473. The largest absolute Gasteiger partial charge is 0.389 e. The zero-order chi connectivity index (χ0) is 14.4. The molecule has 19 heavy (non-hydrogen) atoms. The van der Waals surface area contributed by atoms with Crippen LogP contribution in [0, 0.1) is 11.7 Å². The molecule has 0 aromatic heterocycles. The number of hydrogen-bond donors (Lipinski definition) is 2. The van der Waals surface area contributed by atoms with Gasteiger partial charge in [-0.1, -0.05) is 38.2 Å². The number of benzene rings is 1. The van der Waals surface area contributed by atoms with Gasteiger partial charge >= 0.3 is 0 Å². The Morgan fingerprint density at radius 1 is 1.42 bits per heavy atom. The Morgan fingerprint density at radius 2 is 2.05 bits per heavy atom. The minimum Gasteiger partial charge on any atom is -0.389 e. The minimum atomic E-state index is -0.407. The third-order valence-corrected chi connectivity index (χ3v) is 3.38. The van der Waals surface area contributed by atoms with Crippen molar-refractivity contribution >= 4 is 23.1 Å². The molecule has 0 aliphatic rings. The van der Waals surface area contributed by atoms with Crippen molar-refractivity contribution < 1.29 is 9.18 Å². The summed E-state index contributed by atoms with van der Waals surface area (Å²) in [4.78, 5) is 11.9. The summed E-state index contributed by atoms with van der Waals surface area (Å²) in [5.41, 5.74) is 6.34. The molecule has 1 amide bonds. The van der Waals surface area contributed by atoms with Crippen LogP contribution in [0.2, 0.25) is 0 Å². The van der Waals surface area contributed by atoms with Gasteiger partial charge in [-0.05, 0) is 18.9 Å². The van der Waals surface area contributed by atoms with Crippen LogP contribution in [0.3, 0.4) is 0 Å². The predicted octanol–water partition coefficient (Wildman–Crippen LogP) is 2.51. The summed E-state index contributed by atoms with van der Waals surface area (Å²) in [6.07, 6.45) is 1.57. The van der Waals surface area contributed by atoms with E-state index in [0.29, 0.717) is 11.1 Å². The molecule has 1 rings (SSSR count). The highest BCUT2D eigenvalue weighted by Crippen LogP contribution is 2.12. The van der Waals surface area contributed by atoms with Gasteiger partial charge in [0.15, 0.2) is 0 Å². The van der Waals surface area contributed by atoms with E-state index in [-0.39, 0.29) is 23.4 Å². The third kappa shape index (κ3) is 4.28. The number of halogens is 1. The van der Waals surface area contributed by atoms with Crippen molar-refractivity contribution in [3.63, 3.8) is 0 Å². The van der Waals surface area contributed by atoms with Crippen molar-refractivity contribution in [1.82, 2.24) is 5.32 Å². The fourth-order valence-corrected chi connectivity index (χ4v) is 1.96. The highest BCUT2D eigenvalue weighted by atomic mass is 32.1. The van der Waals surface area contributed by atoms with E-state index in [1.807, 2.05) is 13.8 Å². The molecule has 0 bridgehead atoms. The van der Waals surface area contributed by atoms with Gasteiger partial charge in [0.05, 0.1) is 0 Å². The van der Waals surface area contributed by atoms with E-state index >= 15 is 0 Å². The molecule has 5 heteroatoms. The number of rotatable bonds is 6. The van der Waals surface area contributed by atoms with Crippen LogP contribution in [0.4, 0.5) is 4.39 Å². The molecule has 0 atom stereocenters. The highest BCUT2D eigenvalue weighted by molar-refractivity contribution is 7.80. The average molecular weight is 282 g/mol. The van der Waals surface area contributed by atoms with E-state index in [1.165, 1.54) is 6.07 Å². The number of carbonyl (C=O) groups excluding carboxylic acids is 1. The smallest absolute Gasteiger partial charge is 0.223 e. The number of nitrogens with one attached hydrogen (secondary N) is 1. The van der Waals surface area contributed by atoms with Crippen molar-refractivity contribution in [3.8, 4) is 0 Å². The molecule has 0 aliphatic carbocycles. The van der Waals surface area contributed by atoms with Crippen molar-refractivity contribution in [2.45, 2.75) is 33.2 Å². The second kappa shape index (κ2) is 7.19. The number of thiocarbonyl (C=S) groups is 1. The number of nitrogens with two attached hydrogens (primary N) is 1. The summed E-state index contributed by atoms with van der Waals surface area (Å²) in [5, 5.41) is 2.75. The lowest BCUT2D eigenvalue weighted by atomic mass is 10.0. The lowest BCUT2D eigenvalue weighted by Gasteiger charge is -2.13. The highest BCUT2D eigenvalue weighted by Gasteiger charge is 2.14. The molecule has 3 nitrogen and oxygen atoms in total. The van der Waals surface area contributed by atoms with Gasteiger partial charge in [0.1, 0.15) is 10.8 Å². The zero-order valence-electron chi connectivity index (χ0n) is 11.2. The van der Waals surface area contributed by atoms with E-state index in [4.69, 9.17) is 18.0 Å². The summed E-state index contributed by atoms with van der Waals surface area (Å²) in [6, 6.07) is 4.54. The Hall–Kier alpha value is -1.49. The second-order valence-corrected chi connectivity index (χ2v) is 4.84. The van der Waals surface area contributed by atoms with Gasteiger partial charge in [-0.3, -0.25) is 4.79 Å². The van der Waals surface area contributed by atoms with Crippen LogP contribution in [0.5, 0.6) is 0 Å². The predicted molar refractivity (Wildman–Crippen MR) is 78.2 cm³/mol. The standard InChI is InChI=1S/C14H19FN2OS/c1-3-9(4-2)14(18)17-8-11-6-5-10(13(16)19)7-12(11)15/h5-7,9H,3-4,8H2,1-2H3,(H2,16,19)(H,17,18). The Balaban J connectivity index is 2.68. The summed E-state index contributed by atoms with van der Waals surface area (Å²) >= 11 is 4.78. The Morgan fingerprint density at radius 3 is 2.53 bits per heavy atom. The van der Waals surface area contributed by atoms with Gasteiger partial charge < -0.3 is 11.1 Å². The first-order chi connectivity index (χ1) is 8.99. The molecule has 1 aromatic carbocycles. The first-order valence-corrected chi connectivity index (χ1v) is 6.76. The maximum Gasteiger partial charge on any atom is 0.223 e. The zero-order valence-corrected chi connectivity index (χ0v) is 12.0. The van der Waals surface area contributed by atoms with Gasteiger partial charge in [0.25, 0.3) is 0 Å². The van der Waals surface area contributed by atoms with Gasteiger partial charge in [0, 0.05) is 23.6 Å². The topological polar surface area (TPSA) is 55.1 Å². The normalized spacial score (nSPS) is 10.5. The molecule has 0 spiro atoms. The van der Waals surface area contributed by atoms with Crippen LogP contribution >= 0.6 is 12.2 Å². The molecule has 0 heterocycles. The van der Waals surface area contributed by atoms with Crippen molar-refractivity contribution in [1.29, 1.82) is 0 Å². The van der Waals surface area contributed by atoms with Gasteiger partial charge in [-0.15, -0.1) is 0 Å². The molecular weight excluding hydrogens is 263 g/mol. The molecular formula is C14H19FN2OS. The van der Waals surface area contributed by atoms with Crippen molar-refractivity contribution in [2.75, 3.05) is 0 Å². The lowest BCUT2D eigenvalue weighted by molar-refractivity contribution is -0.125. The second-order valence-electron chi connectivity index (χ2n) is 4.40. The van der Waals surface area contributed by atoms with Crippen LogP contribution in [-0.2, 0) is 11.3 Å². The van der Waals surface area contributed by atoms with E-state index in [0.717, 1.165) is 12.8 Å². The van der Waals surface area contributed by atoms with Gasteiger partial charge in [-0.2, -0.15) is 0 Å². The van der Waals surface area contributed by atoms with Crippen LogP contribution in [0.1, 0.15) is 37.8 Å². The number of amides is 1. The molecule has 1 aromatic rings. The first kappa shape index (κ1) is 15.6. The monoisotopic (exact) mass is 282 g/mol. The van der Waals surface area contributed by atoms with Gasteiger partial charge in [0.2, 0.25) is 5.91 Å². The minimum absolute atomic E-state index is 0.0149. The Labute approximate surface area is 118 Å². The fraction of sp³-hybridized carbons (Fsp3) is 0.429. The van der Waals surface area contributed by atoms with Gasteiger partial charge in [-0.25, -0.2) is 4.39 Å². The number of carbonyl (C=O) groups is 1. The summed E-state index contributed by atoms with van der Waals surface area (Å²) in [6.45, 7) is 4.11. The van der Waals surface area contributed by atoms with Crippen LogP contribution in [0.15, 0.2) is 18.2 Å². The SMILES string of the molecule is CCC(CC)C(=O)NCc1ccc(C(N)=S)cc1F. The fourth-order valence-electron chi connectivity index (χ4n) is 1.83. The molecule has 0 unspecified atom stereocenters. The molecule has 3 N–H and O–H groups in total. The molecule has 104 valence electrons. The van der Waals surface area contributed by atoms with Crippen LogP contribution in [0.25, 0.3) is 0 Å². The Kier molecular flexibility index (Phi) is 5.89. The van der Waals surface area contributed by atoms with E-state index in [1.54, 1.807) is 12.1 Å². The maximum absolute atomic E-state index is 13.8. The lowest BCUT2D eigenvalue weighted by Crippen LogP contribution is -2.30. The van der Waals surface area contributed by atoms with E-state index in [9.17, 15) is 9.18 Å². The van der Waals surface area contributed by atoms with Crippen LogP contribution < -0.4 is 11.1 Å². The summed E-state index contributed by atoms with van der Waals surface area (Å²) in [7, 11) is 0.